The number of hydrogen-bond donors (Lipinski definition) is 1. The summed E-state index contributed by atoms with van der Waals surface area (Å²) in [5.41, 5.74) is 0.268. The van der Waals surface area contributed by atoms with Crippen LogP contribution in [0, 0.1) is 10.1 Å². The molecule has 0 unspecified atom stereocenters. The molecule has 1 N–H and O–H groups in total. The summed E-state index contributed by atoms with van der Waals surface area (Å²) in [4.78, 5) is 14.3. The van der Waals surface area contributed by atoms with E-state index < -0.39 is 14.9 Å². The van der Waals surface area contributed by atoms with Gasteiger partial charge in [-0.2, -0.15) is 0 Å². The maximum absolute atomic E-state index is 12.1. The fourth-order valence-corrected chi connectivity index (χ4v) is 3.22. The van der Waals surface area contributed by atoms with Gasteiger partial charge in [-0.05, 0) is 20.2 Å². The van der Waals surface area contributed by atoms with Crippen LogP contribution in [0.2, 0.25) is 0 Å². The molecular formula is C12H18N4O4S. The second-order valence-corrected chi connectivity index (χ2v) is 6.76. The topological polar surface area (TPSA) is 95.8 Å². The predicted octanol–water partition coefficient (Wildman–Crippen LogP) is 0.255. The SMILES string of the molecule is CNS(=O)(=O)c1cc([N+](=O)[O-])ccc1N1CCN(C)CC1. The largest absolute Gasteiger partial charge is 0.368 e. The van der Waals surface area contributed by atoms with Crippen LogP contribution >= 0.6 is 0 Å². The van der Waals surface area contributed by atoms with Crippen LogP contribution in [0.3, 0.4) is 0 Å². The molecule has 116 valence electrons. The van der Waals surface area contributed by atoms with Gasteiger partial charge < -0.3 is 9.80 Å². The third kappa shape index (κ3) is 3.31. The van der Waals surface area contributed by atoms with E-state index in [0.29, 0.717) is 18.8 Å². The van der Waals surface area contributed by atoms with E-state index in [0.717, 1.165) is 19.2 Å². The second kappa shape index (κ2) is 5.96. The molecule has 1 aromatic carbocycles. The van der Waals surface area contributed by atoms with E-state index in [1.807, 2.05) is 11.9 Å². The van der Waals surface area contributed by atoms with Crippen molar-refractivity contribution in [3.8, 4) is 0 Å². The summed E-state index contributed by atoms with van der Waals surface area (Å²) >= 11 is 0. The molecule has 2 rings (SSSR count). The maximum Gasteiger partial charge on any atom is 0.270 e. The van der Waals surface area contributed by atoms with Crippen LogP contribution in [-0.2, 0) is 10.0 Å². The van der Waals surface area contributed by atoms with Gasteiger partial charge in [0, 0.05) is 38.3 Å². The van der Waals surface area contributed by atoms with E-state index in [4.69, 9.17) is 0 Å². The highest BCUT2D eigenvalue weighted by atomic mass is 32.2. The van der Waals surface area contributed by atoms with Crippen LogP contribution in [0.15, 0.2) is 23.1 Å². The summed E-state index contributed by atoms with van der Waals surface area (Å²) in [6, 6.07) is 3.95. The van der Waals surface area contributed by atoms with Crippen LogP contribution in [0.1, 0.15) is 0 Å². The summed E-state index contributed by atoms with van der Waals surface area (Å²) in [5, 5.41) is 10.9. The lowest BCUT2D eigenvalue weighted by molar-refractivity contribution is -0.385. The Morgan fingerprint density at radius 2 is 1.86 bits per heavy atom. The second-order valence-electron chi connectivity index (χ2n) is 4.91. The number of sulfonamides is 1. The smallest absolute Gasteiger partial charge is 0.270 e. The fourth-order valence-electron chi connectivity index (χ4n) is 2.25. The minimum atomic E-state index is -3.76. The van der Waals surface area contributed by atoms with Gasteiger partial charge in [-0.3, -0.25) is 10.1 Å². The number of likely N-dealkylation sites (N-methyl/N-ethyl adjacent to an activating group) is 1. The minimum absolute atomic E-state index is 0.0521. The number of nitrogens with one attached hydrogen (secondary N) is 1. The molecule has 1 aromatic rings. The van der Waals surface area contributed by atoms with Crippen LogP contribution in [-0.4, -0.2) is 58.5 Å². The van der Waals surface area contributed by atoms with Gasteiger partial charge in [0.1, 0.15) is 4.90 Å². The molecule has 21 heavy (non-hydrogen) atoms. The highest BCUT2D eigenvalue weighted by Crippen LogP contribution is 2.29. The van der Waals surface area contributed by atoms with E-state index in [1.54, 1.807) is 0 Å². The highest BCUT2D eigenvalue weighted by Gasteiger charge is 2.25. The van der Waals surface area contributed by atoms with Crippen molar-refractivity contribution < 1.29 is 13.3 Å². The average Bonchev–Trinajstić information content (AvgIpc) is 2.47. The van der Waals surface area contributed by atoms with Crippen LogP contribution in [0.4, 0.5) is 11.4 Å². The Bertz CT molecular complexity index is 639. The lowest BCUT2D eigenvalue weighted by Gasteiger charge is -2.34. The van der Waals surface area contributed by atoms with Gasteiger partial charge in [0.15, 0.2) is 0 Å². The zero-order valence-electron chi connectivity index (χ0n) is 11.9. The highest BCUT2D eigenvalue weighted by molar-refractivity contribution is 7.89. The first kappa shape index (κ1) is 15.7. The molecule has 0 bridgehead atoms. The Hall–Kier alpha value is -1.71. The molecule has 0 amide bonds. The summed E-state index contributed by atoms with van der Waals surface area (Å²) < 4.78 is 26.5. The van der Waals surface area contributed by atoms with Gasteiger partial charge in [-0.15, -0.1) is 0 Å². The summed E-state index contributed by atoms with van der Waals surface area (Å²) in [5.74, 6) is 0. The molecule has 9 heteroatoms. The zero-order chi connectivity index (χ0) is 15.6. The van der Waals surface area contributed by atoms with Gasteiger partial charge in [-0.1, -0.05) is 0 Å². The molecule has 1 fully saturated rings. The van der Waals surface area contributed by atoms with Crippen molar-refractivity contribution in [3.05, 3.63) is 28.3 Å². The minimum Gasteiger partial charge on any atom is -0.368 e. The number of nitro groups is 1. The number of hydrogen-bond acceptors (Lipinski definition) is 6. The zero-order valence-corrected chi connectivity index (χ0v) is 12.8. The molecule has 1 aliphatic rings. The number of nitrogens with zero attached hydrogens (tertiary/aromatic N) is 3. The van der Waals surface area contributed by atoms with E-state index >= 15 is 0 Å². The van der Waals surface area contributed by atoms with E-state index in [2.05, 4.69) is 9.62 Å². The van der Waals surface area contributed by atoms with E-state index in [-0.39, 0.29) is 10.6 Å². The van der Waals surface area contributed by atoms with Crippen molar-refractivity contribution in [2.45, 2.75) is 4.90 Å². The van der Waals surface area contributed by atoms with Gasteiger partial charge in [0.05, 0.1) is 10.6 Å². The van der Waals surface area contributed by atoms with Crippen molar-refractivity contribution in [1.82, 2.24) is 9.62 Å². The lowest BCUT2D eigenvalue weighted by atomic mass is 10.2. The Morgan fingerprint density at radius 1 is 1.24 bits per heavy atom. The standard InChI is InChI=1S/C12H18N4O4S/c1-13-21(19,20)12-9-10(16(17)18)3-4-11(12)15-7-5-14(2)6-8-15/h3-4,9,13H,5-8H2,1-2H3. The first-order valence-electron chi connectivity index (χ1n) is 6.50. The Kier molecular flexibility index (Phi) is 4.45. The molecular weight excluding hydrogens is 296 g/mol. The number of anilines is 1. The van der Waals surface area contributed by atoms with Gasteiger partial charge in [0.2, 0.25) is 10.0 Å². The molecule has 0 radical (unpaired) electrons. The fraction of sp³-hybridized carbons (Fsp3) is 0.500. The van der Waals surface area contributed by atoms with Crippen LogP contribution < -0.4 is 9.62 Å². The number of benzene rings is 1. The van der Waals surface area contributed by atoms with Crippen LogP contribution in [0.25, 0.3) is 0 Å². The normalized spacial score (nSPS) is 17.0. The van der Waals surface area contributed by atoms with Crippen LogP contribution in [0.5, 0.6) is 0 Å². The Morgan fingerprint density at radius 3 is 2.38 bits per heavy atom. The van der Waals surface area contributed by atoms with Gasteiger partial charge in [0.25, 0.3) is 5.69 Å². The van der Waals surface area contributed by atoms with E-state index in [9.17, 15) is 18.5 Å². The lowest BCUT2D eigenvalue weighted by Crippen LogP contribution is -2.45. The van der Waals surface area contributed by atoms with E-state index in [1.165, 1.54) is 19.2 Å². The van der Waals surface area contributed by atoms with Gasteiger partial charge in [-0.25, -0.2) is 13.1 Å². The summed E-state index contributed by atoms with van der Waals surface area (Å²) in [7, 11) is -0.465. The van der Waals surface area contributed by atoms with Crippen molar-refractivity contribution >= 4 is 21.4 Å². The van der Waals surface area contributed by atoms with Crippen molar-refractivity contribution in [2.24, 2.45) is 0 Å². The number of nitro benzene ring substituents is 1. The third-order valence-electron chi connectivity index (χ3n) is 3.56. The van der Waals surface area contributed by atoms with Gasteiger partial charge >= 0.3 is 0 Å². The molecule has 1 saturated heterocycles. The predicted molar refractivity (Wildman–Crippen MR) is 79.1 cm³/mol. The maximum atomic E-state index is 12.1. The summed E-state index contributed by atoms with van der Waals surface area (Å²) in [6.45, 7) is 2.99. The quantitative estimate of drug-likeness (QED) is 0.632. The first-order valence-corrected chi connectivity index (χ1v) is 7.99. The number of piperazine rings is 1. The molecule has 1 aliphatic heterocycles. The van der Waals surface area contributed by atoms with Crippen molar-refractivity contribution in [3.63, 3.8) is 0 Å². The molecule has 1 heterocycles. The van der Waals surface area contributed by atoms with Crippen molar-refractivity contribution in [1.29, 1.82) is 0 Å². The number of non-ortho nitro benzene ring substituents is 1. The number of rotatable bonds is 4. The van der Waals surface area contributed by atoms with Crippen molar-refractivity contribution in [2.75, 3.05) is 45.2 Å². The molecule has 0 spiro atoms. The molecule has 0 saturated carbocycles. The molecule has 8 nitrogen and oxygen atoms in total. The first-order chi connectivity index (χ1) is 9.85. The summed E-state index contributed by atoms with van der Waals surface area (Å²) in [6.07, 6.45) is 0. The Balaban J connectivity index is 2.47. The molecule has 0 aliphatic carbocycles. The molecule has 0 atom stereocenters. The monoisotopic (exact) mass is 314 g/mol. The average molecular weight is 314 g/mol. The third-order valence-corrected chi connectivity index (χ3v) is 5.00. The molecule has 0 aromatic heterocycles. The Labute approximate surface area is 123 Å².